The van der Waals surface area contributed by atoms with Crippen LogP contribution in [0.15, 0.2) is 99.4 Å². The van der Waals surface area contributed by atoms with Gasteiger partial charge in [0.15, 0.2) is 0 Å². The SMILES string of the molecule is C=C(C)\C=C(/C=N\C(=C/C)C(\C=C/C(=C)N)=C\C)C1=C(C)C=C1C. The van der Waals surface area contributed by atoms with Crippen molar-refractivity contribution in [3.63, 3.8) is 0 Å². The highest BCUT2D eigenvalue weighted by Gasteiger charge is 2.16. The topological polar surface area (TPSA) is 38.4 Å². The highest BCUT2D eigenvalue weighted by molar-refractivity contribution is 5.90. The van der Waals surface area contributed by atoms with E-state index in [0.29, 0.717) is 5.70 Å². The number of allylic oxidation sites excluding steroid dienone is 11. The molecule has 1 rings (SSSR count). The standard InChI is InChI=1S/C22H28N2/c1-8-19(11-10-18(7)23)21(9-2)24-14-20(12-15(3)4)22-16(5)13-17(22)6/h8-14H,3,7,23H2,1-2,4-6H3/b11-10-,19-8+,20-12+,21-9-,24-14-. The van der Waals surface area contributed by atoms with E-state index in [0.717, 1.165) is 22.4 Å². The summed E-state index contributed by atoms with van der Waals surface area (Å²) < 4.78 is 0. The minimum atomic E-state index is 0.521. The molecule has 126 valence electrons. The molecule has 0 spiro atoms. The number of aliphatic imine (C=N–C) groups is 1. The van der Waals surface area contributed by atoms with E-state index in [4.69, 9.17) is 10.7 Å². The Bertz CT molecular complexity index is 745. The first-order valence-electron chi connectivity index (χ1n) is 8.06. The predicted molar refractivity (Wildman–Crippen MR) is 108 cm³/mol. The van der Waals surface area contributed by atoms with Gasteiger partial charge in [-0.05, 0) is 63.0 Å². The lowest BCUT2D eigenvalue weighted by molar-refractivity contribution is 1.22. The van der Waals surface area contributed by atoms with Gasteiger partial charge >= 0.3 is 0 Å². The van der Waals surface area contributed by atoms with E-state index in [9.17, 15) is 0 Å². The third-order valence-electron chi connectivity index (χ3n) is 3.61. The van der Waals surface area contributed by atoms with Crippen LogP contribution in [-0.4, -0.2) is 6.21 Å². The predicted octanol–water partition coefficient (Wildman–Crippen LogP) is 5.71. The second kappa shape index (κ2) is 8.88. The van der Waals surface area contributed by atoms with E-state index in [1.807, 2.05) is 45.2 Å². The average molecular weight is 320 g/mol. The summed E-state index contributed by atoms with van der Waals surface area (Å²) in [7, 11) is 0. The van der Waals surface area contributed by atoms with E-state index in [1.165, 1.54) is 16.7 Å². The maximum absolute atomic E-state index is 5.61. The van der Waals surface area contributed by atoms with Crippen LogP contribution in [0.4, 0.5) is 0 Å². The van der Waals surface area contributed by atoms with Crippen molar-refractivity contribution in [3.8, 4) is 0 Å². The summed E-state index contributed by atoms with van der Waals surface area (Å²) in [6.45, 7) is 17.9. The van der Waals surface area contributed by atoms with Crippen molar-refractivity contribution in [2.24, 2.45) is 10.7 Å². The fourth-order valence-corrected chi connectivity index (χ4v) is 2.58. The summed E-state index contributed by atoms with van der Waals surface area (Å²) in [5.41, 5.74) is 13.9. The summed E-state index contributed by atoms with van der Waals surface area (Å²) >= 11 is 0. The summed E-state index contributed by atoms with van der Waals surface area (Å²) in [6, 6.07) is 0. The molecular formula is C22H28N2. The fraction of sp³-hybridized carbons (Fsp3) is 0.227. The maximum atomic E-state index is 5.61. The van der Waals surface area contributed by atoms with Crippen LogP contribution >= 0.6 is 0 Å². The van der Waals surface area contributed by atoms with Crippen molar-refractivity contribution >= 4 is 6.21 Å². The van der Waals surface area contributed by atoms with E-state index in [2.05, 4.69) is 39.2 Å². The van der Waals surface area contributed by atoms with Crippen LogP contribution < -0.4 is 5.73 Å². The molecule has 2 heteroatoms. The molecule has 0 aromatic heterocycles. The highest BCUT2D eigenvalue weighted by Crippen LogP contribution is 2.32. The lowest BCUT2D eigenvalue weighted by atomic mass is 9.85. The molecule has 1 aliphatic rings. The third-order valence-corrected chi connectivity index (χ3v) is 3.61. The Labute approximate surface area is 146 Å². The monoisotopic (exact) mass is 320 g/mol. The van der Waals surface area contributed by atoms with Crippen molar-refractivity contribution in [2.45, 2.75) is 34.6 Å². The first kappa shape index (κ1) is 19.4. The van der Waals surface area contributed by atoms with Gasteiger partial charge in [-0.1, -0.05) is 49.1 Å². The molecule has 0 amide bonds. The van der Waals surface area contributed by atoms with Gasteiger partial charge in [-0.15, -0.1) is 0 Å². The number of nitrogens with two attached hydrogens (primary N) is 1. The summed E-state index contributed by atoms with van der Waals surface area (Å²) in [6.07, 6.45) is 13.9. The van der Waals surface area contributed by atoms with Crippen LogP contribution in [0.5, 0.6) is 0 Å². The lowest BCUT2D eigenvalue weighted by Gasteiger charge is -2.20. The molecule has 24 heavy (non-hydrogen) atoms. The number of hydrogen-bond donors (Lipinski definition) is 1. The largest absolute Gasteiger partial charge is 0.399 e. The molecular weight excluding hydrogens is 292 g/mol. The lowest BCUT2D eigenvalue weighted by Crippen LogP contribution is -2.05. The van der Waals surface area contributed by atoms with Crippen molar-refractivity contribution in [3.05, 3.63) is 94.4 Å². The molecule has 0 radical (unpaired) electrons. The van der Waals surface area contributed by atoms with Gasteiger partial charge in [0.05, 0.1) is 5.70 Å². The van der Waals surface area contributed by atoms with E-state index < -0.39 is 0 Å². The molecule has 0 saturated heterocycles. The van der Waals surface area contributed by atoms with Crippen molar-refractivity contribution < 1.29 is 0 Å². The molecule has 0 atom stereocenters. The molecule has 0 aromatic rings. The molecule has 0 fully saturated rings. The van der Waals surface area contributed by atoms with E-state index in [-0.39, 0.29) is 0 Å². The Morgan fingerprint density at radius 2 is 1.79 bits per heavy atom. The quantitative estimate of drug-likeness (QED) is 0.473. The average Bonchev–Trinajstić information content (AvgIpc) is 2.49. The smallest absolute Gasteiger partial charge is 0.0656 e. The van der Waals surface area contributed by atoms with Gasteiger partial charge in [0.1, 0.15) is 0 Å². The molecule has 0 saturated carbocycles. The molecule has 0 bridgehead atoms. The van der Waals surface area contributed by atoms with Gasteiger partial charge in [0.2, 0.25) is 0 Å². The van der Waals surface area contributed by atoms with Crippen LogP contribution in [0, 0.1) is 0 Å². The van der Waals surface area contributed by atoms with Gasteiger partial charge in [-0.2, -0.15) is 0 Å². The first-order chi connectivity index (χ1) is 11.3. The molecule has 0 aromatic carbocycles. The van der Waals surface area contributed by atoms with Gasteiger partial charge in [0.25, 0.3) is 0 Å². The Balaban J connectivity index is 3.15. The number of hydrogen-bond acceptors (Lipinski definition) is 2. The zero-order chi connectivity index (χ0) is 18.3. The van der Waals surface area contributed by atoms with Gasteiger partial charge in [0, 0.05) is 17.5 Å². The zero-order valence-corrected chi connectivity index (χ0v) is 15.5. The Hall–Kier alpha value is -2.61. The molecule has 0 aliphatic heterocycles. The molecule has 2 nitrogen and oxygen atoms in total. The summed E-state index contributed by atoms with van der Waals surface area (Å²) in [5.74, 6) is 0. The van der Waals surface area contributed by atoms with Gasteiger partial charge in [-0.25, -0.2) is 0 Å². The minimum Gasteiger partial charge on any atom is -0.399 e. The van der Waals surface area contributed by atoms with Crippen molar-refractivity contribution in [2.75, 3.05) is 0 Å². The van der Waals surface area contributed by atoms with Crippen LogP contribution in [0.1, 0.15) is 34.6 Å². The number of rotatable bonds is 7. The van der Waals surface area contributed by atoms with Crippen molar-refractivity contribution in [1.82, 2.24) is 0 Å². The molecule has 0 unspecified atom stereocenters. The summed E-state index contributed by atoms with van der Waals surface area (Å²) in [4.78, 5) is 4.69. The maximum Gasteiger partial charge on any atom is 0.0656 e. The van der Waals surface area contributed by atoms with Gasteiger partial charge in [-0.3, -0.25) is 4.99 Å². The Morgan fingerprint density at radius 1 is 1.12 bits per heavy atom. The second-order valence-electron chi connectivity index (χ2n) is 5.92. The van der Waals surface area contributed by atoms with Gasteiger partial charge < -0.3 is 5.73 Å². The van der Waals surface area contributed by atoms with Crippen LogP contribution in [-0.2, 0) is 0 Å². The van der Waals surface area contributed by atoms with E-state index in [1.54, 1.807) is 6.08 Å². The first-order valence-corrected chi connectivity index (χ1v) is 8.06. The molecule has 1 aliphatic carbocycles. The van der Waals surface area contributed by atoms with E-state index >= 15 is 0 Å². The third kappa shape index (κ3) is 5.24. The molecule has 0 heterocycles. The second-order valence-corrected chi connectivity index (χ2v) is 5.92. The fourth-order valence-electron chi connectivity index (χ4n) is 2.58. The van der Waals surface area contributed by atoms with Crippen LogP contribution in [0.25, 0.3) is 0 Å². The highest BCUT2D eigenvalue weighted by atomic mass is 14.7. The zero-order valence-electron chi connectivity index (χ0n) is 15.5. The van der Waals surface area contributed by atoms with Crippen LogP contribution in [0.3, 0.4) is 0 Å². The summed E-state index contributed by atoms with van der Waals surface area (Å²) in [5, 5.41) is 0. The minimum absolute atomic E-state index is 0.521. The molecule has 2 N–H and O–H groups in total. The van der Waals surface area contributed by atoms with Crippen molar-refractivity contribution in [1.29, 1.82) is 0 Å². The number of nitrogens with zero attached hydrogens (tertiary/aromatic N) is 1. The Morgan fingerprint density at radius 3 is 2.21 bits per heavy atom. The van der Waals surface area contributed by atoms with Crippen LogP contribution in [0.2, 0.25) is 0 Å². The Kier molecular flexibility index (Phi) is 7.19. The normalized spacial score (nSPS) is 16.7.